The molecule has 8 nitrogen and oxygen atoms in total. The van der Waals surface area contributed by atoms with Crippen molar-refractivity contribution in [3.8, 4) is 5.75 Å². The molecular formula is C13H14ClN3O5S. The summed E-state index contributed by atoms with van der Waals surface area (Å²) in [5, 5.41) is 5.95. The van der Waals surface area contributed by atoms with E-state index in [1.54, 1.807) is 13.0 Å². The number of esters is 1. The molecule has 0 spiro atoms. The Labute approximate surface area is 137 Å². The van der Waals surface area contributed by atoms with Crippen molar-refractivity contribution < 1.29 is 22.7 Å². The Bertz CT molecular complexity index is 819. The summed E-state index contributed by atoms with van der Waals surface area (Å²) in [7, 11) is -2.61. The zero-order valence-corrected chi connectivity index (χ0v) is 13.9. The standard InChI is InChI=1S/C13H14ClN3O5S/c1-3-22-13(18)10-7-12(16-15-10)23(19,20)17-9-6-8(14)4-5-11(9)21-2/h4-7,17H,3H2,1-2H3,(H,15,16). The first kappa shape index (κ1) is 17.1. The van der Waals surface area contributed by atoms with Gasteiger partial charge in [-0.05, 0) is 25.1 Å². The van der Waals surface area contributed by atoms with E-state index in [1.165, 1.54) is 19.2 Å². The minimum atomic E-state index is -4.00. The number of aromatic nitrogens is 2. The number of aromatic amines is 1. The molecule has 1 heterocycles. The Hall–Kier alpha value is -2.26. The monoisotopic (exact) mass is 359 g/mol. The number of carbonyl (C=O) groups is 1. The Balaban J connectivity index is 2.29. The van der Waals surface area contributed by atoms with Crippen LogP contribution in [-0.4, -0.2) is 38.3 Å². The van der Waals surface area contributed by atoms with Crippen molar-refractivity contribution in [1.29, 1.82) is 0 Å². The Morgan fingerprint density at radius 2 is 2.13 bits per heavy atom. The predicted octanol–water partition coefficient (Wildman–Crippen LogP) is 2.05. The van der Waals surface area contributed by atoms with Crippen molar-refractivity contribution in [2.45, 2.75) is 11.9 Å². The van der Waals surface area contributed by atoms with Crippen molar-refractivity contribution in [3.05, 3.63) is 35.0 Å². The number of benzene rings is 1. The molecule has 0 aliphatic rings. The highest BCUT2D eigenvalue weighted by Gasteiger charge is 2.22. The normalized spacial score (nSPS) is 11.1. The van der Waals surface area contributed by atoms with Gasteiger partial charge in [0.1, 0.15) is 5.75 Å². The van der Waals surface area contributed by atoms with E-state index >= 15 is 0 Å². The quantitative estimate of drug-likeness (QED) is 0.764. The molecule has 0 unspecified atom stereocenters. The molecule has 2 N–H and O–H groups in total. The number of hydrogen-bond donors (Lipinski definition) is 2. The van der Waals surface area contributed by atoms with Crippen LogP contribution in [0.2, 0.25) is 5.02 Å². The van der Waals surface area contributed by atoms with E-state index in [0.717, 1.165) is 6.07 Å². The van der Waals surface area contributed by atoms with E-state index in [1.807, 2.05) is 0 Å². The summed E-state index contributed by atoms with van der Waals surface area (Å²) in [6, 6.07) is 5.57. The van der Waals surface area contributed by atoms with Crippen LogP contribution in [0.4, 0.5) is 5.69 Å². The molecule has 1 aromatic carbocycles. The third-order valence-electron chi connectivity index (χ3n) is 2.73. The van der Waals surface area contributed by atoms with E-state index in [2.05, 4.69) is 14.9 Å². The van der Waals surface area contributed by atoms with Gasteiger partial charge in [0.15, 0.2) is 10.7 Å². The predicted molar refractivity (Wildman–Crippen MR) is 83.4 cm³/mol. The van der Waals surface area contributed by atoms with Gasteiger partial charge in [0.2, 0.25) is 0 Å². The van der Waals surface area contributed by atoms with E-state index < -0.39 is 16.0 Å². The van der Waals surface area contributed by atoms with Gasteiger partial charge in [-0.2, -0.15) is 13.5 Å². The number of carbonyl (C=O) groups excluding carboxylic acids is 1. The Morgan fingerprint density at radius 3 is 2.78 bits per heavy atom. The highest BCUT2D eigenvalue weighted by Crippen LogP contribution is 2.29. The fraction of sp³-hybridized carbons (Fsp3) is 0.231. The maximum absolute atomic E-state index is 12.3. The van der Waals surface area contributed by atoms with Gasteiger partial charge in [0.05, 0.1) is 19.4 Å². The molecular weight excluding hydrogens is 346 g/mol. The zero-order valence-electron chi connectivity index (χ0n) is 12.3. The number of hydrogen-bond acceptors (Lipinski definition) is 6. The lowest BCUT2D eigenvalue weighted by Crippen LogP contribution is -2.14. The highest BCUT2D eigenvalue weighted by molar-refractivity contribution is 7.92. The maximum Gasteiger partial charge on any atom is 0.358 e. The first-order valence-corrected chi connectivity index (χ1v) is 8.32. The zero-order chi connectivity index (χ0) is 17.0. The number of sulfonamides is 1. The molecule has 10 heteroatoms. The number of nitrogens with one attached hydrogen (secondary N) is 2. The summed E-state index contributed by atoms with van der Waals surface area (Å²) in [5.41, 5.74) is 0.0255. The number of rotatable bonds is 6. The molecule has 0 saturated carbocycles. The number of methoxy groups -OCH3 is 1. The van der Waals surface area contributed by atoms with Crippen molar-refractivity contribution in [1.82, 2.24) is 10.2 Å². The average molecular weight is 360 g/mol. The molecule has 0 amide bonds. The van der Waals surface area contributed by atoms with Crippen LogP contribution in [0.25, 0.3) is 0 Å². The molecule has 1 aromatic heterocycles. The summed E-state index contributed by atoms with van der Waals surface area (Å²) >= 11 is 5.86. The minimum absolute atomic E-state index is 0.134. The third kappa shape index (κ3) is 3.93. The first-order valence-electron chi connectivity index (χ1n) is 6.46. The van der Waals surface area contributed by atoms with Crippen molar-refractivity contribution in [2.75, 3.05) is 18.4 Å². The van der Waals surface area contributed by atoms with Crippen LogP contribution >= 0.6 is 11.6 Å². The molecule has 2 aromatic rings. The smallest absolute Gasteiger partial charge is 0.358 e. The summed E-state index contributed by atoms with van der Waals surface area (Å²) in [5.74, 6) is -0.423. The molecule has 0 atom stereocenters. The molecule has 0 aliphatic heterocycles. The molecule has 0 saturated heterocycles. The van der Waals surface area contributed by atoms with Gasteiger partial charge in [0, 0.05) is 11.1 Å². The molecule has 0 radical (unpaired) electrons. The van der Waals surface area contributed by atoms with Gasteiger partial charge in [-0.3, -0.25) is 9.82 Å². The molecule has 0 bridgehead atoms. The fourth-order valence-electron chi connectivity index (χ4n) is 1.71. The fourth-order valence-corrected chi connectivity index (χ4v) is 2.87. The second-order valence-corrected chi connectivity index (χ2v) is 6.38. The highest BCUT2D eigenvalue weighted by atomic mass is 35.5. The molecule has 2 rings (SSSR count). The van der Waals surface area contributed by atoms with Crippen molar-refractivity contribution >= 4 is 33.3 Å². The van der Waals surface area contributed by atoms with Crippen molar-refractivity contribution in [2.24, 2.45) is 0 Å². The first-order chi connectivity index (χ1) is 10.9. The van der Waals surface area contributed by atoms with Crippen LogP contribution in [0.15, 0.2) is 29.3 Å². The second kappa shape index (κ2) is 6.88. The summed E-state index contributed by atoms with van der Waals surface area (Å²) in [6.07, 6.45) is 0. The van der Waals surface area contributed by atoms with Gasteiger partial charge in [-0.1, -0.05) is 11.6 Å². The van der Waals surface area contributed by atoms with E-state index in [4.69, 9.17) is 21.1 Å². The molecule has 0 fully saturated rings. The topological polar surface area (TPSA) is 110 Å². The van der Waals surface area contributed by atoms with E-state index in [9.17, 15) is 13.2 Å². The summed E-state index contributed by atoms with van der Waals surface area (Å²) in [4.78, 5) is 11.5. The number of nitrogens with zero attached hydrogens (tertiary/aromatic N) is 1. The minimum Gasteiger partial charge on any atom is -0.495 e. The van der Waals surface area contributed by atoms with Crippen molar-refractivity contribution in [3.63, 3.8) is 0 Å². The van der Waals surface area contributed by atoms with Crippen LogP contribution in [-0.2, 0) is 14.8 Å². The lowest BCUT2D eigenvalue weighted by atomic mass is 10.3. The van der Waals surface area contributed by atoms with Crippen LogP contribution < -0.4 is 9.46 Å². The second-order valence-electron chi connectivity index (χ2n) is 4.29. The lowest BCUT2D eigenvalue weighted by Gasteiger charge is -2.10. The van der Waals surface area contributed by atoms with Gasteiger partial charge in [0.25, 0.3) is 10.0 Å². The number of ether oxygens (including phenoxy) is 2. The van der Waals surface area contributed by atoms with E-state index in [0.29, 0.717) is 10.8 Å². The van der Waals surface area contributed by atoms with Gasteiger partial charge < -0.3 is 9.47 Å². The average Bonchev–Trinajstić information content (AvgIpc) is 2.98. The van der Waals surface area contributed by atoms with Gasteiger partial charge >= 0.3 is 5.97 Å². The number of anilines is 1. The van der Waals surface area contributed by atoms with Crippen LogP contribution in [0.5, 0.6) is 5.75 Å². The lowest BCUT2D eigenvalue weighted by molar-refractivity contribution is 0.0519. The van der Waals surface area contributed by atoms with Crippen LogP contribution in [0.1, 0.15) is 17.4 Å². The van der Waals surface area contributed by atoms with Crippen LogP contribution in [0.3, 0.4) is 0 Å². The maximum atomic E-state index is 12.3. The van der Waals surface area contributed by atoms with E-state index in [-0.39, 0.29) is 23.0 Å². The summed E-state index contributed by atoms with van der Waals surface area (Å²) < 4.78 is 36.8. The Kier molecular flexibility index (Phi) is 5.12. The van der Waals surface area contributed by atoms with Gasteiger partial charge in [-0.25, -0.2) is 4.79 Å². The van der Waals surface area contributed by atoms with Gasteiger partial charge in [-0.15, -0.1) is 0 Å². The molecule has 23 heavy (non-hydrogen) atoms. The number of H-pyrrole nitrogens is 1. The van der Waals surface area contributed by atoms with Crippen LogP contribution in [0, 0.1) is 0 Å². The SMILES string of the molecule is CCOC(=O)c1cc(S(=O)(=O)Nc2cc(Cl)ccc2OC)[nH]n1. The molecule has 124 valence electrons. The Morgan fingerprint density at radius 1 is 1.39 bits per heavy atom. The summed E-state index contributed by atoms with van der Waals surface area (Å²) in [6.45, 7) is 1.79. The number of halogens is 1. The third-order valence-corrected chi connectivity index (χ3v) is 4.25. The largest absolute Gasteiger partial charge is 0.495 e. The molecule has 0 aliphatic carbocycles.